The second-order valence-electron chi connectivity index (χ2n) is 4.46. The summed E-state index contributed by atoms with van der Waals surface area (Å²) in [6.07, 6.45) is 1.84. The van der Waals surface area contributed by atoms with Crippen molar-refractivity contribution in [3.05, 3.63) is 29.7 Å². The summed E-state index contributed by atoms with van der Waals surface area (Å²) in [7, 11) is 0. The molecule has 0 amide bonds. The number of hydrogen-bond acceptors (Lipinski definition) is 4. The Balaban J connectivity index is 2.32. The highest BCUT2D eigenvalue weighted by atomic mass is 16.3. The fourth-order valence-electron chi connectivity index (χ4n) is 1.87. The van der Waals surface area contributed by atoms with Crippen molar-refractivity contribution < 1.29 is 5.11 Å². The second kappa shape index (κ2) is 2.92. The third-order valence-corrected chi connectivity index (χ3v) is 3.13. The van der Waals surface area contributed by atoms with Gasteiger partial charge in [-0.1, -0.05) is 12.1 Å². The number of para-hydroxylation sites is 1. The molecule has 0 atom stereocenters. The first-order valence-corrected chi connectivity index (χ1v) is 5.36. The van der Waals surface area contributed by atoms with Crippen LogP contribution in [-0.2, 0) is 5.54 Å². The molecule has 0 radical (unpaired) electrons. The molecule has 0 unspecified atom stereocenters. The summed E-state index contributed by atoms with van der Waals surface area (Å²) in [4.78, 5) is 8.81. The maximum atomic E-state index is 9.78. The van der Waals surface area contributed by atoms with Crippen molar-refractivity contribution >= 4 is 10.9 Å². The van der Waals surface area contributed by atoms with E-state index in [1.54, 1.807) is 12.1 Å². The van der Waals surface area contributed by atoms with Crippen LogP contribution in [0.4, 0.5) is 0 Å². The van der Waals surface area contributed by atoms with Crippen LogP contribution >= 0.6 is 0 Å². The van der Waals surface area contributed by atoms with Crippen LogP contribution in [0.15, 0.2) is 18.2 Å². The lowest BCUT2D eigenvalue weighted by molar-refractivity contribution is 0.479. The minimum Gasteiger partial charge on any atom is -0.506 e. The molecule has 1 aromatic heterocycles. The number of fused-ring (bicyclic) bond motifs is 1. The van der Waals surface area contributed by atoms with Crippen LogP contribution in [0, 0.1) is 6.92 Å². The maximum Gasteiger partial charge on any atom is 0.149 e. The number of phenolic OH excluding ortho intramolecular Hbond substituents is 1. The third kappa shape index (κ3) is 1.27. The number of rotatable bonds is 1. The lowest BCUT2D eigenvalue weighted by atomic mass is 10.1. The first-order valence-electron chi connectivity index (χ1n) is 5.36. The zero-order valence-electron chi connectivity index (χ0n) is 9.07. The maximum absolute atomic E-state index is 9.78. The number of phenols is 1. The molecule has 4 heteroatoms. The molecule has 1 aliphatic rings. The molecular formula is C12H13N3O. The molecule has 0 bridgehead atoms. The zero-order valence-corrected chi connectivity index (χ0v) is 9.07. The highest BCUT2D eigenvalue weighted by Crippen LogP contribution is 2.41. The fraction of sp³-hybridized carbons (Fsp3) is 0.333. The average molecular weight is 215 g/mol. The largest absolute Gasteiger partial charge is 0.506 e. The number of hydrogen-bond donors (Lipinski definition) is 2. The highest BCUT2D eigenvalue weighted by molar-refractivity contribution is 5.86. The van der Waals surface area contributed by atoms with E-state index >= 15 is 0 Å². The molecule has 3 N–H and O–H groups in total. The number of aromatic hydroxyl groups is 1. The number of nitrogens with two attached hydrogens (primary N) is 1. The number of benzene rings is 1. The Morgan fingerprint density at radius 2 is 2.06 bits per heavy atom. The van der Waals surface area contributed by atoms with Gasteiger partial charge in [0.1, 0.15) is 17.1 Å². The smallest absolute Gasteiger partial charge is 0.149 e. The second-order valence-corrected chi connectivity index (χ2v) is 4.46. The van der Waals surface area contributed by atoms with E-state index in [0.29, 0.717) is 11.3 Å². The molecule has 2 aromatic rings. The summed E-state index contributed by atoms with van der Waals surface area (Å²) >= 11 is 0. The third-order valence-electron chi connectivity index (χ3n) is 3.13. The number of aryl methyl sites for hydroxylation is 1. The Morgan fingerprint density at radius 3 is 2.75 bits per heavy atom. The van der Waals surface area contributed by atoms with Gasteiger partial charge in [0, 0.05) is 11.1 Å². The van der Waals surface area contributed by atoms with Crippen molar-refractivity contribution in [2.75, 3.05) is 0 Å². The molecule has 0 saturated heterocycles. The Kier molecular flexibility index (Phi) is 1.74. The number of nitrogens with zero attached hydrogens (tertiary/aromatic N) is 2. The summed E-state index contributed by atoms with van der Waals surface area (Å²) in [5, 5.41) is 10.7. The van der Waals surface area contributed by atoms with Crippen molar-refractivity contribution in [2.45, 2.75) is 25.3 Å². The Hall–Kier alpha value is -1.68. The topological polar surface area (TPSA) is 72.0 Å². The molecule has 1 aliphatic carbocycles. The number of aromatic nitrogens is 2. The van der Waals surface area contributed by atoms with Gasteiger partial charge in [-0.15, -0.1) is 0 Å². The van der Waals surface area contributed by atoms with Crippen LogP contribution < -0.4 is 5.73 Å². The molecule has 3 rings (SSSR count). The van der Waals surface area contributed by atoms with E-state index in [4.69, 9.17) is 5.73 Å². The van der Waals surface area contributed by atoms with Crippen LogP contribution in [-0.4, -0.2) is 15.1 Å². The van der Waals surface area contributed by atoms with Crippen molar-refractivity contribution in [3.63, 3.8) is 0 Å². The SMILES string of the molecule is Cc1nc(C2(N)CC2)nc2c(O)cccc12. The summed E-state index contributed by atoms with van der Waals surface area (Å²) in [5.41, 5.74) is 7.18. The normalized spacial score (nSPS) is 17.6. The van der Waals surface area contributed by atoms with Gasteiger partial charge in [-0.05, 0) is 25.8 Å². The van der Waals surface area contributed by atoms with Crippen LogP contribution in [0.2, 0.25) is 0 Å². The van der Waals surface area contributed by atoms with Gasteiger partial charge in [-0.25, -0.2) is 9.97 Å². The molecule has 0 aliphatic heterocycles. The first-order chi connectivity index (χ1) is 7.60. The monoisotopic (exact) mass is 215 g/mol. The van der Waals surface area contributed by atoms with E-state index < -0.39 is 0 Å². The molecule has 0 spiro atoms. The Morgan fingerprint density at radius 1 is 1.31 bits per heavy atom. The fourth-order valence-corrected chi connectivity index (χ4v) is 1.87. The van der Waals surface area contributed by atoms with Crippen molar-refractivity contribution in [1.29, 1.82) is 0 Å². The van der Waals surface area contributed by atoms with E-state index in [9.17, 15) is 5.11 Å². The van der Waals surface area contributed by atoms with Gasteiger partial charge in [-0.3, -0.25) is 0 Å². The van der Waals surface area contributed by atoms with E-state index in [2.05, 4.69) is 9.97 Å². The van der Waals surface area contributed by atoms with Gasteiger partial charge in [0.25, 0.3) is 0 Å². The van der Waals surface area contributed by atoms with Crippen LogP contribution in [0.5, 0.6) is 5.75 Å². The van der Waals surface area contributed by atoms with Gasteiger partial charge >= 0.3 is 0 Å². The van der Waals surface area contributed by atoms with Gasteiger partial charge in [0.05, 0.1) is 5.54 Å². The molecule has 1 fully saturated rings. The summed E-state index contributed by atoms with van der Waals surface area (Å²) in [6.45, 7) is 1.92. The van der Waals surface area contributed by atoms with Gasteiger partial charge in [-0.2, -0.15) is 0 Å². The van der Waals surface area contributed by atoms with E-state index in [0.717, 1.165) is 23.9 Å². The quantitative estimate of drug-likeness (QED) is 0.757. The van der Waals surface area contributed by atoms with Crippen molar-refractivity contribution in [3.8, 4) is 5.75 Å². The molecule has 1 heterocycles. The Labute approximate surface area is 93.1 Å². The lowest BCUT2D eigenvalue weighted by Crippen LogP contribution is -2.22. The van der Waals surface area contributed by atoms with Gasteiger partial charge in [0.15, 0.2) is 0 Å². The molecule has 1 aromatic carbocycles. The minimum atomic E-state index is -0.360. The first kappa shape index (κ1) is 9.54. The van der Waals surface area contributed by atoms with E-state index in [1.165, 1.54) is 0 Å². The molecule has 16 heavy (non-hydrogen) atoms. The van der Waals surface area contributed by atoms with Crippen molar-refractivity contribution in [1.82, 2.24) is 9.97 Å². The molecule has 82 valence electrons. The Bertz CT molecular complexity index is 576. The van der Waals surface area contributed by atoms with Crippen LogP contribution in [0.1, 0.15) is 24.4 Å². The zero-order chi connectivity index (χ0) is 11.3. The van der Waals surface area contributed by atoms with Gasteiger partial charge < -0.3 is 10.8 Å². The average Bonchev–Trinajstić information content (AvgIpc) is 2.99. The van der Waals surface area contributed by atoms with E-state index in [-0.39, 0.29) is 11.3 Å². The predicted molar refractivity (Wildman–Crippen MR) is 61.0 cm³/mol. The highest BCUT2D eigenvalue weighted by Gasteiger charge is 2.43. The molecule has 1 saturated carbocycles. The predicted octanol–water partition coefficient (Wildman–Crippen LogP) is 1.59. The van der Waals surface area contributed by atoms with Crippen LogP contribution in [0.3, 0.4) is 0 Å². The molecular weight excluding hydrogens is 202 g/mol. The summed E-state index contributed by atoms with van der Waals surface area (Å²) in [5.74, 6) is 0.840. The van der Waals surface area contributed by atoms with E-state index in [1.807, 2.05) is 13.0 Å². The lowest BCUT2D eigenvalue weighted by Gasteiger charge is -2.10. The summed E-state index contributed by atoms with van der Waals surface area (Å²) in [6, 6.07) is 5.34. The van der Waals surface area contributed by atoms with Crippen LogP contribution in [0.25, 0.3) is 10.9 Å². The minimum absolute atomic E-state index is 0.188. The standard InChI is InChI=1S/C12H13N3O/c1-7-8-3-2-4-9(16)10(8)15-11(14-7)12(13)5-6-12/h2-4,16H,5-6,13H2,1H3. The summed E-state index contributed by atoms with van der Waals surface area (Å²) < 4.78 is 0. The van der Waals surface area contributed by atoms with Crippen molar-refractivity contribution in [2.24, 2.45) is 5.73 Å². The van der Waals surface area contributed by atoms with Gasteiger partial charge in [0.2, 0.25) is 0 Å². The molecule has 4 nitrogen and oxygen atoms in total.